The molecule has 31 heavy (non-hydrogen) atoms. The summed E-state index contributed by atoms with van der Waals surface area (Å²) in [6.45, 7) is 2.00. The first-order valence-corrected chi connectivity index (χ1v) is 9.97. The van der Waals surface area contributed by atoms with Gasteiger partial charge in [0.1, 0.15) is 11.8 Å². The number of rotatable bonds is 4. The molecule has 8 heteroatoms. The zero-order valence-corrected chi connectivity index (χ0v) is 17.4. The van der Waals surface area contributed by atoms with E-state index in [1.807, 2.05) is 56.6 Å². The number of anilines is 1. The average Bonchev–Trinajstić information content (AvgIpc) is 3.22. The number of benzene rings is 1. The van der Waals surface area contributed by atoms with E-state index in [9.17, 15) is 4.79 Å². The van der Waals surface area contributed by atoms with E-state index >= 15 is 0 Å². The molecule has 0 aliphatic carbocycles. The second-order valence-electron chi connectivity index (χ2n) is 7.57. The van der Waals surface area contributed by atoms with E-state index in [4.69, 9.17) is 0 Å². The first-order chi connectivity index (χ1) is 15.0. The van der Waals surface area contributed by atoms with Crippen LogP contribution < -0.4 is 10.9 Å². The van der Waals surface area contributed by atoms with Gasteiger partial charge in [-0.25, -0.2) is 9.97 Å². The summed E-state index contributed by atoms with van der Waals surface area (Å²) in [5.74, 6) is 0.634. The molecule has 1 atom stereocenters. The lowest BCUT2D eigenvalue weighted by Crippen LogP contribution is -2.24. The molecule has 0 bridgehead atoms. The monoisotopic (exact) mass is 411 g/mol. The largest absolute Gasteiger partial charge is 0.360 e. The number of nitrogens with one attached hydrogen (secondary N) is 1. The van der Waals surface area contributed by atoms with E-state index in [1.165, 1.54) is 6.33 Å². The van der Waals surface area contributed by atoms with Crippen LogP contribution >= 0.6 is 0 Å². The van der Waals surface area contributed by atoms with Crippen LogP contribution in [0.25, 0.3) is 32.9 Å². The molecular formula is C23H21N7O. The maximum absolute atomic E-state index is 13.4. The van der Waals surface area contributed by atoms with Crippen molar-refractivity contribution in [2.45, 2.75) is 13.0 Å². The van der Waals surface area contributed by atoms with Crippen LogP contribution in [0.3, 0.4) is 0 Å². The van der Waals surface area contributed by atoms with Gasteiger partial charge in [0.2, 0.25) is 0 Å². The van der Waals surface area contributed by atoms with Crippen molar-refractivity contribution in [3.8, 4) is 11.1 Å². The highest BCUT2D eigenvalue weighted by Crippen LogP contribution is 2.28. The van der Waals surface area contributed by atoms with Crippen molar-refractivity contribution in [3.63, 3.8) is 0 Å². The highest BCUT2D eigenvalue weighted by molar-refractivity contribution is 5.96. The number of nitrogens with zero attached hydrogens (tertiary/aromatic N) is 6. The van der Waals surface area contributed by atoms with Gasteiger partial charge in [-0.05, 0) is 36.1 Å². The molecule has 154 valence electrons. The Morgan fingerprint density at radius 2 is 1.94 bits per heavy atom. The molecule has 4 aromatic heterocycles. The maximum Gasteiger partial charge on any atom is 0.259 e. The van der Waals surface area contributed by atoms with Gasteiger partial charge in [-0.15, -0.1) is 0 Å². The highest BCUT2D eigenvalue weighted by atomic mass is 16.1. The molecule has 0 fully saturated rings. The summed E-state index contributed by atoms with van der Waals surface area (Å²) in [5, 5.41) is 9.22. The number of hydrogen-bond acceptors (Lipinski definition) is 6. The van der Waals surface area contributed by atoms with Crippen molar-refractivity contribution in [2.24, 2.45) is 14.1 Å². The molecule has 5 rings (SSSR count). The van der Waals surface area contributed by atoms with E-state index in [-0.39, 0.29) is 11.6 Å². The lowest BCUT2D eigenvalue weighted by atomic mass is 10.00. The van der Waals surface area contributed by atoms with Gasteiger partial charge < -0.3 is 9.88 Å². The first-order valence-electron chi connectivity index (χ1n) is 9.97. The fourth-order valence-corrected chi connectivity index (χ4v) is 3.96. The summed E-state index contributed by atoms with van der Waals surface area (Å²) in [6.07, 6.45) is 6.92. The molecule has 1 unspecified atom stereocenters. The van der Waals surface area contributed by atoms with Gasteiger partial charge in [-0.1, -0.05) is 18.2 Å². The third kappa shape index (κ3) is 3.22. The smallest absolute Gasteiger partial charge is 0.259 e. The van der Waals surface area contributed by atoms with E-state index in [1.54, 1.807) is 28.7 Å². The lowest BCUT2D eigenvalue weighted by molar-refractivity contribution is 0.721. The van der Waals surface area contributed by atoms with Gasteiger partial charge in [0.05, 0.1) is 23.1 Å². The Morgan fingerprint density at radius 1 is 1.06 bits per heavy atom. The van der Waals surface area contributed by atoms with Crippen LogP contribution in [-0.4, -0.2) is 29.3 Å². The first kappa shape index (κ1) is 18.9. The van der Waals surface area contributed by atoms with Crippen LogP contribution in [0, 0.1) is 0 Å². The van der Waals surface area contributed by atoms with Crippen molar-refractivity contribution in [1.29, 1.82) is 0 Å². The van der Waals surface area contributed by atoms with Crippen LogP contribution in [-0.2, 0) is 14.1 Å². The number of pyridine rings is 2. The zero-order valence-electron chi connectivity index (χ0n) is 17.4. The maximum atomic E-state index is 13.4. The Balaban J connectivity index is 1.61. The van der Waals surface area contributed by atoms with Crippen LogP contribution in [0.15, 0.2) is 66.1 Å². The van der Waals surface area contributed by atoms with Gasteiger partial charge in [0.15, 0.2) is 5.82 Å². The van der Waals surface area contributed by atoms with Crippen LogP contribution in [0.2, 0.25) is 0 Å². The molecular weight excluding hydrogens is 390 g/mol. The summed E-state index contributed by atoms with van der Waals surface area (Å²) in [6, 6.07) is 11.5. The summed E-state index contributed by atoms with van der Waals surface area (Å²) in [7, 11) is 3.66. The molecule has 1 aromatic carbocycles. The third-order valence-electron chi connectivity index (χ3n) is 5.51. The highest BCUT2D eigenvalue weighted by Gasteiger charge is 2.17. The quantitative estimate of drug-likeness (QED) is 0.487. The van der Waals surface area contributed by atoms with Gasteiger partial charge >= 0.3 is 0 Å². The molecule has 4 heterocycles. The second-order valence-corrected chi connectivity index (χ2v) is 7.57. The van der Waals surface area contributed by atoms with Crippen LogP contribution in [0.1, 0.15) is 18.7 Å². The molecule has 0 aliphatic heterocycles. The van der Waals surface area contributed by atoms with Gasteiger partial charge in [0, 0.05) is 37.7 Å². The minimum Gasteiger partial charge on any atom is -0.360 e. The predicted molar refractivity (Wildman–Crippen MR) is 121 cm³/mol. The van der Waals surface area contributed by atoms with Crippen molar-refractivity contribution < 1.29 is 0 Å². The molecule has 0 saturated heterocycles. The minimum atomic E-state index is -0.177. The lowest BCUT2D eigenvalue weighted by Gasteiger charge is -2.20. The van der Waals surface area contributed by atoms with Crippen molar-refractivity contribution in [2.75, 3.05) is 5.32 Å². The number of aryl methyl sites for hydroxylation is 1. The second kappa shape index (κ2) is 7.32. The zero-order chi connectivity index (χ0) is 21.5. The topological polar surface area (TPSA) is 90.5 Å². The van der Waals surface area contributed by atoms with E-state index in [2.05, 4.69) is 25.4 Å². The van der Waals surface area contributed by atoms with Gasteiger partial charge in [-0.3, -0.25) is 14.5 Å². The SMILES string of the molecule is CC(Nc1ncnc2cccnc12)c1cc2cccc(-c3cnn(C)c3)c2c(=O)n1C. The van der Waals surface area contributed by atoms with Crippen molar-refractivity contribution in [3.05, 3.63) is 77.4 Å². The number of aromatic nitrogens is 6. The molecule has 0 aliphatic rings. The Bertz CT molecular complexity index is 1480. The molecule has 0 spiro atoms. The standard InChI is InChI=1S/C23H21N7O/c1-14(28-22-21-18(25-13-26-22)8-5-9-24-21)19-10-15-6-4-7-17(16-11-27-29(2)12-16)20(15)23(31)30(19)3/h4-14H,1-3H3,(H,25,26,28). The van der Waals surface area contributed by atoms with Gasteiger partial charge in [-0.2, -0.15) is 5.10 Å². The normalized spacial score (nSPS) is 12.4. The Labute approximate surface area is 178 Å². The van der Waals surface area contributed by atoms with E-state index < -0.39 is 0 Å². The fraction of sp³-hybridized carbons (Fsp3) is 0.174. The molecule has 5 aromatic rings. The number of fused-ring (bicyclic) bond motifs is 2. The van der Waals surface area contributed by atoms with E-state index in [0.717, 1.165) is 27.7 Å². The average molecular weight is 411 g/mol. The number of hydrogen-bond donors (Lipinski definition) is 1. The molecule has 0 amide bonds. The molecule has 1 N–H and O–H groups in total. The molecule has 0 radical (unpaired) electrons. The summed E-state index contributed by atoms with van der Waals surface area (Å²) >= 11 is 0. The van der Waals surface area contributed by atoms with Crippen LogP contribution in [0.5, 0.6) is 0 Å². The predicted octanol–water partition coefficient (Wildman–Crippen LogP) is 3.45. The Hall–Kier alpha value is -4.07. The summed E-state index contributed by atoms with van der Waals surface area (Å²) in [5.41, 5.74) is 4.06. The third-order valence-corrected chi connectivity index (χ3v) is 5.51. The molecule has 8 nitrogen and oxygen atoms in total. The Morgan fingerprint density at radius 3 is 2.74 bits per heavy atom. The van der Waals surface area contributed by atoms with Crippen LogP contribution in [0.4, 0.5) is 5.82 Å². The van der Waals surface area contributed by atoms with E-state index in [0.29, 0.717) is 16.7 Å². The summed E-state index contributed by atoms with van der Waals surface area (Å²) in [4.78, 5) is 26.4. The van der Waals surface area contributed by atoms with Crippen molar-refractivity contribution >= 4 is 27.6 Å². The Kier molecular flexibility index (Phi) is 4.47. The van der Waals surface area contributed by atoms with Gasteiger partial charge in [0.25, 0.3) is 5.56 Å². The fourth-order valence-electron chi connectivity index (χ4n) is 3.96. The molecule has 0 saturated carbocycles. The minimum absolute atomic E-state index is 0.0497. The van der Waals surface area contributed by atoms with Crippen molar-refractivity contribution in [1.82, 2.24) is 29.3 Å². The summed E-state index contributed by atoms with van der Waals surface area (Å²) < 4.78 is 3.43.